The van der Waals surface area contributed by atoms with Gasteiger partial charge in [-0.2, -0.15) is 5.10 Å². The fraction of sp³-hybridized carbons (Fsp3) is 0.474. The number of anilines is 1. The van der Waals surface area contributed by atoms with E-state index in [1.165, 1.54) is 5.01 Å². The topological polar surface area (TPSA) is 90.3 Å². The maximum absolute atomic E-state index is 12.8. The Labute approximate surface area is 152 Å². The van der Waals surface area contributed by atoms with Gasteiger partial charge in [-0.3, -0.25) is 14.4 Å². The van der Waals surface area contributed by atoms with Crippen LogP contribution in [-0.4, -0.2) is 46.6 Å². The smallest absolute Gasteiger partial charge is 0.308 e. The second-order valence-electron chi connectivity index (χ2n) is 6.97. The molecule has 0 radical (unpaired) electrons. The Balaban J connectivity index is 1.85. The summed E-state index contributed by atoms with van der Waals surface area (Å²) in [6.45, 7) is 4.56. The number of nitrogens with zero attached hydrogens (tertiary/aromatic N) is 3. The number of hydrazone groups is 1. The fourth-order valence-corrected chi connectivity index (χ4v) is 3.39. The van der Waals surface area contributed by atoms with Crippen molar-refractivity contribution in [3.63, 3.8) is 0 Å². The summed E-state index contributed by atoms with van der Waals surface area (Å²) in [5.74, 6) is -1.81. The van der Waals surface area contributed by atoms with Gasteiger partial charge in [-0.1, -0.05) is 12.1 Å². The quantitative estimate of drug-likeness (QED) is 0.897. The van der Waals surface area contributed by atoms with E-state index in [0.717, 1.165) is 11.1 Å². The molecule has 0 unspecified atom stereocenters. The molecule has 1 atom stereocenters. The summed E-state index contributed by atoms with van der Waals surface area (Å²) in [5.41, 5.74) is 2.91. The van der Waals surface area contributed by atoms with Crippen molar-refractivity contribution in [2.24, 2.45) is 11.0 Å². The predicted molar refractivity (Wildman–Crippen MR) is 97.0 cm³/mol. The Morgan fingerprint density at radius 3 is 2.73 bits per heavy atom. The van der Waals surface area contributed by atoms with E-state index in [4.69, 9.17) is 0 Å². The molecule has 1 fully saturated rings. The number of hydrogen-bond acceptors (Lipinski definition) is 4. The molecule has 3 rings (SSSR count). The first-order valence-electron chi connectivity index (χ1n) is 8.86. The number of hydrogen-bond donors (Lipinski definition) is 1. The minimum atomic E-state index is -0.875. The Bertz CT molecular complexity index is 787. The number of carboxylic acids is 1. The summed E-state index contributed by atoms with van der Waals surface area (Å²) in [6, 6.07) is 5.76. The van der Waals surface area contributed by atoms with Crippen LogP contribution in [0.4, 0.5) is 5.69 Å². The monoisotopic (exact) mass is 357 g/mol. The number of carbonyl (C=O) groups excluding carboxylic acids is 2. The van der Waals surface area contributed by atoms with E-state index < -0.39 is 11.9 Å². The van der Waals surface area contributed by atoms with Crippen molar-refractivity contribution >= 4 is 29.2 Å². The van der Waals surface area contributed by atoms with E-state index in [1.807, 2.05) is 32.0 Å². The third kappa shape index (κ3) is 3.61. The molecule has 2 amide bonds. The zero-order valence-corrected chi connectivity index (χ0v) is 15.1. The Hall–Kier alpha value is -2.70. The minimum absolute atomic E-state index is 0.141. The summed E-state index contributed by atoms with van der Waals surface area (Å²) in [7, 11) is 0. The van der Waals surface area contributed by atoms with E-state index >= 15 is 0 Å². The van der Waals surface area contributed by atoms with Crippen LogP contribution in [0.15, 0.2) is 23.3 Å². The predicted octanol–water partition coefficient (Wildman–Crippen LogP) is 2.11. The number of carboxylic acid groups (broad SMARTS) is 1. The molecule has 0 aliphatic carbocycles. The van der Waals surface area contributed by atoms with Gasteiger partial charge in [0.1, 0.15) is 5.71 Å². The molecule has 1 N–H and O–H groups in total. The van der Waals surface area contributed by atoms with Gasteiger partial charge in [-0.15, -0.1) is 0 Å². The number of piperidine rings is 1. The SMILES string of the molecule is Cc1ccc(C)c(N2N=C(C(=O)N3CCC[C@H](C(=O)O)C3)CCC2=O)c1. The molecule has 2 aliphatic rings. The maximum Gasteiger partial charge on any atom is 0.308 e. The molecule has 1 aromatic rings. The van der Waals surface area contributed by atoms with Gasteiger partial charge < -0.3 is 10.0 Å². The molecule has 0 bridgehead atoms. The van der Waals surface area contributed by atoms with Gasteiger partial charge in [0, 0.05) is 25.9 Å². The molecule has 7 nitrogen and oxygen atoms in total. The number of carbonyl (C=O) groups is 3. The Kier molecular flexibility index (Phi) is 5.06. The lowest BCUT2D eigenvalue weighted by molar-refractivity contribution is -0.144. The molecule has 1 saturated heterocycles. The molecule has 2 heterocycles. The van der Waals surface area contributed by atoms with Crippen molar-refractivity contribution in [2.75, 3.05) is 18.1 Å². The second-order valence-corrected chi connectivity index (χ2v) is 6.97. The van der Waals surface area contributed by atoms with E-state index in [0.29, 0.717) is 30.8 Å². The van der Waals surface area contributed by atoms with Gasteiger partial charge in [0.25, 0.3) is 5.91 Å². The molecule has 7 heteroatoms. The van der Waals surface area contributed by atoms with Gasteiger partial charge in [-0.05, 0) is 43.9 Å². The van der Waals surface area contributed by atoms with Gasteiger partial charge in [0.2, 0.25) is 5.91 Å². The average Bonchev–Trinajstić information content (AvgIpc) is 2.64. The normalized spacial score (nSPS) is 20.8. The van der Waals surface area contributed by atoms with E-state index in [9.17, 15) is 19.5 Å². The van der Waals surface area contributed by atoms with Crippen molar-refractivity contribution in [2.45, 2.75) is 39.5 Å². The van der Waals surface area contributed by atoms with Crippen LogP contribution in [0.2, 0.25) is 0 Å². The molecule has 0 spiro atoms. The summed E-state index contributed by atoms with van der Waals surface area (Å²) in [5, 5.41) is 14.9. The first kappa shape index (κ1) is 18.1. The number of aliphatic carboxylic acids is 1. The van der Waals surface area contributed by atoms with Gasteiger partial charge in [-0.25, -0.2) is 5.01 Å². The molecule has 2 aliphatic heterocycles. The molecular formula is C19H23N3O4. The third-order valence-electron chi connectivity index (χ3n) is 4.93. The first-order chi connectivity index (χ1) is 12.4. The van der Waals surface area contributed by atoms with Gasteiger partial charge in [0.15, 0.2) is 0 Å². The third-order valence-corrected chi connectivity index (χ3v) is 4.93. The lowest BCUT2D eigenvalue weighted by Gasteiger charge is -2.32. The minimum Gasteiger partial charge on any atom is -0.481 e. The van der Waals surface area contributed by atoms with Crippen LogP contribution in [0.1, 0.15) is 36.8 Å². The molecule has 138 valence electrons. The average molecular weight is 357 g/mol. The molecule has 0 saturated carbocycles. The first-order valence-corrected chi connectivity index (χ1v) is 8.86. The van der Waals surface area contributed by atoms with Gasteiger partial charge in [0.05, 0.1) is 11.6 Å². The number of amides is 2. The highest BCUT2D eigenvalue weighted by molar-refractivity contribution is 6.40. The fourth-order valence-electron chi connectivity index (χ4n) is 3.39. The second kappa shape index (κ2) is 7.27. The number of aryl methyl sites for hydroxylation is 2. The Morgan fingerprint density at radius 1 is 1.23 bits per heavy atom. The van der Waals surface area contributed by atoms with E-state index in [2.05, 4.69) is 5.10 Å². The summed E-state index contributed by atoms with van der Waals surface area (Å²) in [6.07, 6.45) is 1.75. The van der Waals surface area contributed by atoms with Crippen molar-refractivity contribution < 1.29 is 19.5 Å². The number of benzene rings is 1. The lowest BCUT2D eigenvalue weighted by atomic mass is 9.97. The van der Waals surface area contributed by atoms with Crippen LogP contribution in [0.25, 0.3) is 0 Å². The zero-order valence-electron chi connectivity index (χ0n) is 15.1. The molecule has 0 aromatic heterocycles. The number of rotatable bonds is 3. The van der Waals surface area contributed by atoms with Crippen molar-refractivity contribution in [1.29, 1.82) is 0 Å². The van der Waals surface area contributed by atoms with Crippen molar-refractivity contribution in [3.05, 3.63) is 29.3 Å². The highest BCUT2D eigenvalue weighted by Crippen LogP contribution is 2.26. The highest BCUT2D eigenvalue weighted by Gasteiger charge is 2.33. The standard InChI is InChI=1S/C19H23N3O4/c1-12-5-6-13(2)16(10-12)22-17(23)8-7-15(20-22)18(24)21-9-3-4-14(11-21)19(25)26/h5-6,10,14H,3-4,7-9,11H2,1-2H3,(H,25,26)/t14-/m0/s1. The summed E-state index contributed by atoms with van der Waals surface area (Å²) in [4.78, 5) is 38.0. The molecular weight excluding hydrogens is 334 g/mol. The van der Waals surface area contributed by atoms with E-state index in [-0.39, 0.29) is 31.2 Å². The van der Waals surface area contributed by atoms with Gasteiger partial charge >= 0.3 is 5.97 Å². The number of likely N-dealkylation sites (tertiary alicyclic amines) is 1. The zero-order chi connectivity index (χ0) is 18.8. The van der Waals surface area contributed by atoms with Crippen LogP contribution in [0.5, 0.6) is 0 Å². The Morgan fingerprint density at radius 2 is 2.00 bits per heavy atom. The van der Waals surface area contributed by atoms with Crippen molar-refractivity contribution in [1.82, 2.24) is 4.90 Å². The largest absolute Gasteiger partial charge is 0.481 e. The van der Waals surface area contributed by atoms with Crippen LogP contribution in [0.3, 0.4) is 0 Å². The summed E-state index contributed by atoms with van der Waals surface area (Å²) >= 11 is 0. The van der Waals surface area contributed by atoms with Crippen LogP contribution in [-0.2, 0) is 14.4 Å². The van der Waals surface area contributed by atoms with Crippen molar-refractivity contribution in [3.8, 4) is 0 Å². The van der Waals surface area contributed by atoms with E-state index in [1.54, 1.807) is 4.90 Å². The maximum atomic E-state index is 12.8. The van der Waals surface area contributed by atoms with Crippen LogP contribution >= 0.6 is 0 Å². The lowest BCUT2D eigenvalue weighted by Crippen LogP contribution is -2.47. The van der Waals surface area contributed by atoms with Crippen LogP contribution < -0.4 is 5.01 Å². The highest BCUT2D eigenvalue weighted by atomic mass is 16.4. The van der Waals surface area contributed by atoms with Crippen LogP contribution in [0, 0.1) is 19.8 Å². The molecule has 1 aromatic carbocycles. The molecule has 26 heavy (non-hydrogen) atoms. The summed E-state index contributed by atoms with van der Waals surface area (Å²) < 4.78 is 0.